The van der Waals surface area contributed by atoms with Crippen molar-refractivity contribution in [3.63, 3.8) is 0 Å². The molecule has 3 N–H and O–H groups in total. The van der Waals surface area contributed by atoms with Crippen LogP contribution in [0.2, 0.25) is 10.0 Å². The van der Waals surface area contributed by atoms with Crippen LogP contribution in [0.25, 0.3) is 11.2 Å². The van der Waals surface area contributed by atoms with Crippen LogP contribution in [0, 0.1) is 0 Å². The van der Waals surface area contributed by atoms with E-state index in [-0.39, 0.29) is 6.54 Å². The summed E-state index contributed by atoms with van der Waals surface area (Å²) in [6, 6.07) is 8.13. The van der Waals surface area contributed by atoms with Gasteiger partial charge in [0.05, 0.1) is 22.8 Å². The highest BCUT2D eigenvalue weighted by Crippen LogP contribution is 2.25. The molecule has 2 aromatic heterocycles. The summed E-state index contributed by atoms with van der Waals surface area (Å²) >= 11 is 11.8. The van der Waals surface area contributed by atoms with E-state index in [0.29, 0.717) is 27.2 Å². The number of nitrogens with zero attached hydrogens (tertiary/aromatic N) is 2. The molecule has 8 heteroatoms. The Morgan fingerprint density at radius 2 is 2.14 bits per heavy atom. The lowest BCUT2D eigenvalue weighted by molar-refractivity contribution is 0.251. The van der Waals surface area contributed by atoms with Gasteiger partial charge in [-0.15, -0.1) is 0 Å². The summed E-state index contributed by atoms with van der Waals surface area (Å²) in [6.45, 7) is 0.243. The summed E-state index contributed by atoms with van der Waals surface area (Å²) in [6.07, 6.45) is 1.66. The molecule has 0 aliphatic carbocycles. The van der Waals surface area contributed by atoms with E-state index in [1.807, 2.05) is 12.1 Å². The van der Waals surface area contributed by atoms with Crippen LogP contribution < -0.4 is 10.6 Å². The Hall–Kier alpha value is -2.31. The first kappa shape index (κ1) is 14.6. The Kier molecular flexibility index (Phi) is 4.13. The van der Waals surface area contributed by atoms with Gasteiger partial charge in [0.15, 0.2) is 5.65 Å². The van der Waals surface area contributed by atoms with Gasteiger partial charge in [0.25, 0.3) is 0 Å². The number of hydrogen-bond acceptors (Lipinski definition) is 3. The van der Waals surface area contributed by atoms with Gasteiger partial charge in [-0.05, 0) is 30.3 Å². The number of benzene rings is 1. The summed E-state index contributed by atoms with van der Waals surface area (Å²) in [7, 11) is 0. The van der Waals surface area contributed by atoms with Crippen molar-refractivity contribution >= 4 is 46.1 Å². The predicted molar refractivity (Wildman–Crippen MR) is 86.2 cm³/mol. The molecule has 0 spiro atoms. The number of aromatic nitrogens is 3. The third kappa shape index (κ3) is 3.29. The first-order valence-electron chi connectivity index (χ1n) is 6.41. The standard InChI is InChI=1S/C14H11Cl2N5O/c15-8-3-4-10(9(16)6-8)20-14(22)18-7-12-19-11-2-1-5-17-13(11)21-12/h1-6H,7H2,(H,17,19,21)(H2,18,20,22). The van der Waals surface area contributed by atoms with Crippen molar-refractivity contribution in [1.29, 1.82) is 0 Å². The maximum atomic E-state index is 11.9. The van der Waals surface area contributed by atoms with E-state index < -0.39 is 6.03 Å². The molecule has 0 aliphatic heterocycles. The minimum Gasteiger partial charge on any atom is -0.339 e. The molecule has 0 saturated carbocycles. The number of rotatable bonds is 3. The van der Waals surface area contributed by atoms with Gasteiger partial charge in [-0.2, -0.15) is 0 Å². The summed E-state index contributed by atoms with van der Waals surface area (Å²) in [5.41, 5.74) is 1.91. The number of pyridine rings is 1. The average molecular weight is 336 g/mol. The molecule has 22 heavy (non-hydrogen) atoms. The Morgan fingerprint density at radius 3 is 2.91 bits per heavy atom. The highest BCUT2D eigenvalue weighted by atomic mass is 35.5. The highest BCUT2D eigenvalue weighted by Gasteiger charge is 2.08. The van der Waals surface area contributed by atoms with Crippen LogP contribution in [0.1, 0.15) is 5.82 Å². The maximum absolute atomic E-state index is 11.9. The van der Waals surface area contributed by atoms with Crippen LogP contribution in [-0.2, 0) is 6.54 Å². The molecule has 112 valence electrons. The molecule has 0 unspecified atom stereocenters. The molecule has 3 aromatic rings. The van der Waals surface area contributed by atoms with E-state index in [9.17, 15) is 4.79 Å². The van der Waals surface area contributed by atoms with Gasteiger partial charge in [-0.1, -0.05) is 23.2 Å². The molecule has 0 radical (unpaired) electrons. The average Bonchev–Trinajstić information content (AvgIpc) is 2.91. The zero-order valence-corrected chi connectivity index (χ0v) is 12.7. The van der Waals surface area contributed by atoms with Crippen LogP contribution in [0.3, 0.4) is 0 Å². The molecular formula is C14H11Cl2N5O. The van der Waals surface area contributed by atoms with Gasteiger partial charge in [-0.3, -0.25) is 0 Å². The lowest BCUT2D eigenvalue weighted by Crippen LogP contribution is -2.28. The first-order valence-corrected chi connectivity index (χ1v) is 7.17. The van der Waals surface area contributed by atoms with Gasteiger partial charge in [0, 0.05) is 11.2 Å². The minimum absolute atomic E-state index is 0.243. The monoisotopic (exact) mass is 335 g/mol. The highest BCUT2D eigenvalue weighted by molar-refractivity contribution is 6.36. The zero-order chi connectivity index (χ0) is 15.5. The van der Waals surface area contributed by atoms with Crippen LogP contribution in [-0.4, -0.2) is 21.0 Å². The van der Waals surface area contributed by atoms with E-state index in [1.54, 1.807) is 24.4 Å². The molecule has 2 amide bonds. The third-order valence-corrected chi connectivity index (χ3v) is 3.45. The number of hydrogen-bond donors (Lipinski definition) is 3. The SMILES string of the molecule is O=C(NCc1nc2ncccc2[nH]1)Nc1ccc(Cl)cc1Cl. The van der Waals surface area contributed by atoms with Crippen molar-refractivity contribution in [3.05, 3.63) is 52.4 Å². The topological polar surface area (TPSA) is 82.7 Å². The zero-order valence-electron chi connectivity index (χ0n) is 11.2. The lowest BCUT2D eigenvalue weighted by atomic mass is 10.3. The van der Waals surface area contributed by atoms with Crippen molar-refractivity contribution in [1.82, 2.24) is 20.3 Å². The van der Waals surface area contributed by atoms with Crippen molar-refractivity contribution in [3.8, 4) is 0 Å². The number of carbonyl (C=O) groups excluding carboxylic acids is 1. The molecule has 6 nitrogen and oxygen atoms in total. The number of amides is 2. The minimum atomic E-state index is -0.391. The molecule has 0 bridgehead atoms. The fourth-order valence-corrected chi connectivity index (χ4v) is 2.36. The number of halogens is 2. The maximum Gasteiger partial charge on any atom is 0.319 e. The molecule has 3 rings (SSSR count). The van der Waals surface area contributed by atoms with Crippen LogP contribution >= 0.6 is 23.2 Å². The molecule has 1 aromatic carbocycles. The Bertz CT molecular complexity index is 800. The van der Waals surface area contributed by atoms with E-state index in [1.165, 1.54) is 0 Å². The summed E-state index contributed by atoms with van der Waals surface area (Å²) in [5.74, 6) is 0.617. The number of aromatic amines is 1. The predicted octanol–water partition coefficient (Wildman–Crippen LogP) is 3.59. The van der Waals surface area contributed by atoms with Gasteiger partial charge < -0.3 is 15.6 Å². The number of imidazole rings is 1. The van der Waals surface area contributed by atoms with E-state index >= 15 is 0 Å². The Labute approximate surface area is 135 Å². The van der Waals surface area contributed by atoms with Crippen molar-refractivity contribution in [2.45, 2.75) is 6.54 Å². The largest absolute Gasteiger partial charge is 0.339 e. The quantitative estimate of drug-likeness (QED) is 0.684. The Balaban J connectivity index is 1.62. The van der Waals surface area contributed by atoms with Gasteiger partial charge in [0.1, 0.15) is 5.82 Å². The molecular weight excluding hydrogens is 325 g/mol. The smallest absolute Gasteiger partial charge is 0.319 e. The van der Waals surface area contributed by atoms with Crippen molar-refractivity contribution in [2.75, 3.05) is 5.32 Å². The molecule has 0 fully saturated rings. The first-order chi connectivity index (χ1) is 10.6. The number of urea groups is 1. The van der Waals surface area contributed by atoms with E-state index in [2.05, 4.69) is 25.6 Å². The molecule has 0 saturated heterocycles. The number of carbonyl (C=O) groups is 1. The fraction of sp³-hybridized carbons (Fsp3) is 0.0714. The molecule has 0 aliphatic rings. The molecule has 0 atom stereocenters. The number of nitrogens with one attached hydrogen (secondary N) is 3. The third-order valence-electron chi connectivity index (χ3n) is 2.90. The van der Waals surface area contributed by atoms with Gasteiger partial charge >= 0.3 is 6.03 Å². The summed E-state index contributed by atoms with van der Waals surface area (Å²) < 4.78 is 0. The van der Waals surface area contributed by atoms with Crippen molar-refractivity contribution in [2.24, 2.45) is 0 Å². The van der Waals surface area contributed by atoms with E-state index in [4.69, 9.17) is 23.2 Å². The van der Waals surface area contributed by atoms with Crippen LogP contribution in [0.15, 0.2) is 36.5 Å². The van der Waals surface area contributed by atoms with E-state index in [0.717, 1.165) is 5.52 Å². The van der Waals surface area contributed by atoms with Crippen molar-refractivity contribution < 1.29 is 4.79 Å². The fourth-order valence-electron chi connectivity index (χ4n) is 1.90. The summed E-state index contributed by atoms with van der Waals surface area (Å²) in [5, 5.41) is 6.21. The number of fused-ring (bicyclic) bond motifs is 1. The van der Waals surface area contributed by atoms with Gasteiger partial charge in [-0.25, -0.2) is 14.8 Å². The van der Waals surface area contributed by atoms with Crippen LogP contribution in [0.5, 0.6) is 0 Å². The Morgan fingerprint density at radius 1 is 1.27 bits per heavy atom. The second-order valence-electron chi connectivity index (χ2n) is 4.49. The van der Waals surface area contributed by atoms with Gasteiger partial charge in [0.2, 0.25) is 0 Å². The van der Waals surface area contributed by atoms with Crippen LogP contribution in [0.4, 0.5) is 10.5 Å². The normalized spacial score (nSPS) is 10.6. The lowest BCUT2D eigenvalue weighted by Gasteiger charge is -2.08. The number of H-pyrrole nitrogens is 1. The second kappa shape index (κ2) is 6.21. The summed E-state index contributed by atoms with van der Waals surface area (Å²) in [4.78, 5) is 23.3. The second-order valence-corrected chi connectivity index (χ2v) is 5.33. The molecule has 2 heterocycles. The number of anilines is 1.